The number of carbonyl (C=O) groups excluding carboxylic acids is 2. The van der Waals surface area contributed by atoms with Crippen LogP contribution in [0.3, 0.4) is 0 Å². The normalized spacial score (nSPS) is 16.9. The third-order valence-electron chi connectivity index (χ3n) is 8.16. The summed E-state index contributed by atoms with van der Waals surface area (Å²) in [6.07, 6.45) is 12.7. The van der Waals surface area contributed by atoms with E-state index in [1.807, 2.05) is 25.2 Å². The van der Waals surface area contributed by atoms with Crippen molar-refractivity contribution in [1.82, 2.24) is 15.0 Å². The molecule has 3 N–H and O–H groups in total. The quantitative estimate of drug-likeness (QED) is 0.188. The molecule has 0 saturated heterocycles. The number of fused-ring (bicyclic) bond motifs is 1. The Morgan fingerprint density at radius 2 is 1.87 bits per heavy atom. The molecule has 0 bridgehead atoms. The number of nitrogens with one attached hydrogen (secondary N) is 1. The van der Waals surface area contributed by atoms with E-state index < -0.39 is 17.4 Å². The summed E-state index contributed by atoms with van der Waals surface area (Å²) >= 11 is 0. The predicted molar refractivity (Wildman–Crippen MR) is 180 cm³/mol. The third-order valence-corrected chi connectivity index (χ3v) is 8.16. The first kappa shape index (κ1) is 34.3. The van der Waals surface area contributed by atoms with Gasteiger partial charge in [-0.15, -0.1) is 5.10 Å². The molecule has 244 valence electrons. The van der Waals surface area contributed by atoms with Crippen LogP contribution >= 0.6 is 0 Å². The smallest absolute Gasteiger partial charge is 0.264 e. The molecule has 2 atom stereocenters. The average molecular weight is 628 g/mol. The van der Waals surface area contributed by atoms with Gasteiger partial charge < -0.3 is 25.2 Å². The molecule has 0 saturated carbocycles. The molecule has 2 amide bonds. The number of hydrogen-bond donors (Lipinski definition) is 3. The minimum atomic E-state index is -1.84. The van der Waals surface area contributed by atoms with Crippen LogP contribution in [0.2, 0.25) is 0 Å². The van der Waals surface area contributed by atoms with Crippen LogP contribution in [0.4, 0.5) is 11.4 Å². The van der Waals surface area contributed by atoms with Gasteiger partial charge in [-0.25, -0.2) is 0 Å². The summed E-state index contributed by atoms with van der Waals surface area (Å²) in [5.74, 6) is -0.643. The highest BCUT2D eigenvalue weighted by molar-refractivity contribution is 6.09. The van der Waals surface area contributed by atoms with E-state index in [4.69, 9.17) is 9.84 Å². The second kappa shape index (κ2) is 15.6. The van der Waals surface area contributed by atoms with Gasteiger partial charge in [-0.05, 0) is 82.5 Å². The van der Waals surface area contributed by atoms with E-state index in [0.29, 0.717) is 54.2 Å². The van der Waals surface area contributed by atoms with Crippen LogP contribution in [-0.4, -0.2) is 57.3 Å². The lowest BCUT2D eigenvalue weighted by Gasteiger charge is -2.27. The second-order valence-corrected chi connectivity index (χ2v) is 11.9. The van der Waals surface area contributed by atoms with E-state index in [0.717, 1.165) is 24.1 Å². The van der Waals surface area contributed by atoms with Crippen molar-refractivity contribution < 1.29 is 24.5 Å². The molecule has 1 aromatic heterocycles. The Kier molecular flexibility index (Phi) is 11.7. The molecular formula is C36H45N5O5. The van der Waals surface area contributed by atoms with Crippen LogP contribution < -0.4 is 15.0 Å². The zero-order valence-electron chi connectivity index (χ0n) is 27.4. The maximum Gasteiger partial charge on any atom is 0.264 e. The van der Waals surface area contributed by atoms with Gasteiger partial charge in [-0.2, -0.15) is 0 Å². The lowest BCUT2D eigenvalue weighted by atomic mass is 9.82. The number of amides is 2. The Morgan fingerprint density at radius 3 is 2.57 bits per heavy atom. The van der Waals surface area contributed by atoms with E-state index in [-0.39, 0.29) is 12.5 Å². The van der Waals surface area contributed by atoms with Gasteiger partial charge in [0.15, 0.2) is 5.60 Å². The summed E-state index contributed by atoms with van der Waals surface area (Å²) in [7, 11) is 1.57. The second-order valence-electron chi connectivity index (χ2n) is 11.9. The van der Waals surface area contributed by atoms with Gasteiger partial charge in [-0.3, -0.25) is 14.3 Å². The van der Waals surface area contributed by atoms with E-state index >= 15 is 0 Å². The minimum Gasteiger partial charge on any atom is -0.497 e. The van der Waals surface area contributed by atoms with Crippen molar-refractivity contribution >= 4 is 23.2 Å². The van der Waals surface area contributed by atoms with E-state index in [2.05, 4.69) is 42.5 Å². The predicted octanol–water partition coefficient (Wildman–Crippen LogP) is 5.58. The number of allylic oxidation sites excluding steroid dienone is 4. The summed E-state index contributed by atoms with van der Waals surface area (Å²) in [5.41, 5.74) is 3.30. The number of ether oxygens (including phenoxy) is 1. The van der Waals surface area contributed by atoms with Crippen LogP contribution in [-0.2, 0) is 23.4 Å². The van der Waals surface area contributed by atoms with Crippen LogP contribution in [0, 0.1) is 5.92 Å². The molecule has 0 spiro atoms. The summed E-state index contributed by atoms with van der Waals surface area (Å²) in [5, 5.41) is 32.3. The largest absolute Gasteiger partial charge is 0.497 e. The number of nitrogens with zero attached hydrogens (tertiary/aromatic N) is 4. The maximum absolute atomic E-state index is 14.0. The molecule has 46 heavy (non-hydrogen) atoms. The first-order chi connectivity index (χ1) is 22.1. The molecule has 3 aromatic rings. The van der Waals surface area contributed by atoms with Crippen molar-refractivity contribution in [1.29, 1.82) is 0 Å². The van der Waals surface area contributed by atoms with Gasteiger partial charge in [-0.1, -0.05) is 47.6 Å². The molecule has 2 heterocycles. The fraction of sp³-hybridized carbons (Fsp3) is 0.389. The number of anilines is 2. The minimum absolute atomic E-state index is 0.0132. The number of aromatic nitrogens is 3. The standard InChI is InChI=1S/C36H45N5O5/c1-25(2)9-8-10-26(3)18-21-41-33-17-14-29(37-34(43)28-12-15-31(46-5)16-13-28)23-32(33)36(45,35(41)44)27(4)11-6-7-20-40-24-30(19-22-42)38-39-40/h6,9,11-18,23-24,27,42,45H,7-8,10,19-22H2,1-5H3,(H,37,43)/b11-6+,26-18+/t27-,36+/m0/s1. The monoisotopic (exact) mass is 627 g/mol. The fourth-order valence-corrected chi connectivity index (χ4v) is 5.41. The number of rotatable bonds is 15. The molecule has 0 aliphatic carbocycles. The lowest BCUT2D eigenvalue weighted by Crippen LogP contribution is -2.44. The molecule has 0 fully saturated rings. The van der Waals surface area contributed by atoms with Gasteiger partial charge in [0.25, 0.3) is 11.8 Å². The summed E-state index contributed by atoms with van der Waals surface area (Å²) in [6, 6.07) is 12.0. The van der Waals surface area contributed by atoms with Gasteiger partial charge in [0.05, 0.1) is 18.5 Å². The summed E-state index contributed by atoms with van der Waals surface area (Å²) < 4.78 is 6.89. The Labute approximate surface area is 271 Å². The number of aryl methyl sites for hydroxylation is 1. The number of carbonyl (C=O) groups is 2. The fourth-order valence-electron chi connectivity index (χ4n) is 5.41. The Balaban J connectivity index is 1.57. The van der Waals surface area contributed by atoms with Crippen molar-refractivity contribution in [3.8, 4) is 5.75 Å². The number of aliphatic hydroxyl groups is 2. The van der Waals surface area contributed by atoms with Crippen molar-refractivity contribution in [3.05, 3.63) is 101 Å². The first-order valence-electron chi connectivity index (χ1n) is 15.7. The highest BCUT2D eigenvalue weighted by Gasteiger charge is 2.52. The van der Waals surface area contributed by atoms with Gasteiger partial charge >= 0.3 is 0 Å². The Bertz CT molecular complexity index is 1600. The van der Waals surface area contributed by atoms with E-state index in [1.165, 1.54) is 5.57 Å². The molecule has 1 aliphatic rings. The number of methoxy groups -OCH3 is 1. The third kappa shape index (κ3) is 8.18. The highest BCUT2D eigenvalue weighted by atomic mass is 16.5. The zero-order chi connectivity index (χ0) is 33.3. The number of benzene rings is 2. The van der Waals surface area contributed by atoms with Gasteiger partial charge in [0.2, 0.25) is 0 Å². The van der Waals surface area contributed by atoms with Crippen molar-refractivity contribution in [2.45, 2.75) is 65.5 Å². The van der Waals surface area contributed by atoms with Crippen molar-refractivity contribution in [2.24, 2.45) is 5.92 Å². The van der Waals surface area contributed by atoms with Crippen LogP contribution in [0.5, 0.6) is 5.75 Å². The molecule has 10 nitrogen and oxygen atoms in total. The highest BCUT2D eigenvalue weighted by Crippen LogP contribution is 2.46. The Hall–Kier alpha value is -4.54. The SMILES string of the molecule is COc1ccc(C(=O)Nc2ccc3c(c2)[C@](O)([C@@H](C)/C=C/CCn2cc(CCO)nn2)C(=O)N3C/C=C(\C)CCC=C(C)C)cc1. The van der Waals surface area contributed by atoms with Crippen molar-refractivity contribution in [3.63, 3.8) is 0 Å². The topological polar surface area (TPSA) is 130 Å². The lowest BCUT2D eigenvalue weighted by molar-refractivity contribution is -0.139. The summed E-state index contributed by atoms with van der Waals surface area (Å²) in [6.45, 7) is 8.93. The molecule has 2 aromatic carbocycles. The van der Waals surface area contributed by atoms with Crippen LogP contribution in [0.1, 0.15) is 68.6 Å². The van der Waals surface area contributed by atoms with Crippen molar-refractivity contribution in [2.75, 3.05) is 30.5 Å². The van der Waals surface area contributed by atoms with Crippen LogP contribution in [0.25, 0.3) is 0 Å². The molecular weight excluding hydrogens is 582 g/mol. The molecule has 10 heteroatoms. The molecule has 4 rings (SSSR count). The number of hydrogen-bond acceptors (Lipinski definition) is 7. The van der Waals surface area contributed by atoms with Crippen LogP contribution in [0.15, 0.2) is 84.1 Å². The first-order valence-corrected chi connectivity index (χ1v) is 15.7. The van der Waals surface area contributed by atoms with E-state index in [9.17, 15) is 14.7 Å². The van der Waals surface area contributed by atoms with E-state index in [1.54, 1.807) is 65.4 Å². The molecule has 0 radical (unpaired) electrons. The Morgan fingerprint density at radius 1 is 1.11 bits per heavy atom. The van der Waals surface area contributed by atoms with Gasteiger partial charge in [0, 0.05) is 55.0 Å². The molecule has 0 unspecified atom stereocenters. The maximum atomic E-state index is 14.0. The molecule has 1 aliphatic heterocycles. The zero-order valence-corrected chi connectivity index (χ0v) is 27.4. The summed E-state index contributed by atoms with van der Waals surface area (Å²) in [4.78, 5) is 28.7. The van der Waals surface area contributed by atoms with Gasteiger partial charge in [0.1, 0.15) is 5.75 Å². The average Bonchev–Trinajstić information content (AvgIpc) is 3.58. The number of aliphatic hydroxyl groups excluding tert-OH is 1.